The van der Waals surface area contributed by atoms with Crippen molar-refractivity contribution in [3.8, 4) is 0 Å². The number of nitrogens with zero attached hydrogens (tertiary/aromatic N) is 3. The molecule has 3 aliphatic rings. The number of benzene rings is 5. The Hall–Kier alpha value is -5.68. The van der Waals surface area contributed by atoms with Gasteiger partial charge in [-0.3, -0.25) is 0 Å². The molecule has 1 aromatic heterocycles. The molecule has 1 aliphatic carbocycles. The number of para-hydroxylation sites is 3. The van der Waals surface area contributed by atoms with Gasteiger partial charge < -0.3 is 14.6 Å². The maximum Gasteiger partial charge on any atom is 0.169 e. The topological polar surface area (TPSA) is 53.1 Å². The van der Waals surface area contributed by atoms with E-state index in [2.05, 4.69) is 119 Å². The monoisotopic (exact) mass is 568 g/mol. The molecule has 5 nitrogen and oxygen atoms in total. The quantitative estimate of drug-likeness (QED) is 0.232. The van der Waals surface area contributed by atoms with Gasteiger partial charge >= 0.3 is 0 Å². The van der Waals surface area contributed by atoms with Gasteiger partial charge in [0.1, 0.15) is 23.0 Å². The van der Waals surface area contributed by atoms with Gasteiger partial charge in [0.25, 0.3) is 0 Å². The van der Waals surface area contributed by atoms with Gasteiger partial charge in [-0.15, -0.1) is 0 Å². The fourth-order valence-corrected chi connectivity index (χ4v) is 6.96. The van der Waals surface area contributed by atoms with Gasteiger partial charge in [0.15, 0.2) is 6.17 Å². The second-order valence-electron chi connectivity index (χ2n) is 11.4. The average Bonchev–Trinajstić information content (AvgIpc) is 3.65. The molecule has 1 N–H and O–H groups in total. The fraction of sp³-hybridized carbons (Fsp3) is 0.0769. The van der Waals surface area contributed by atoms with E-state index in [1.165, 1.54) is 22.5 Å². The van der Waals surface area contributed by atoms with Gasteiger partial charge in [-0.25, -0.2) is 9.98 Å². The van der Waals surface area contributed by atoms with Crippen molar-refractivity contribution in [2.45, 2.75) is 18.1 Å². The number of rotatable bonds is 4. The lowest BCUT2D eigenvalue weighted by Crippen LogP contribution is -2.36. The van der Waals surface area contributed by atoms with Crippen molar-refractivity contribution in [3.63, 3.8) is 0 Å². The molecule has 0 saturated carbocycles. The van der Waals surface area contributed by atoms with Crippen LogP contribution in [0.25, 0.3) is 17.0 Å². The molecule has 0 fully saturated rings. The molecular formula is C39H28N4O. The van der Waals surface area contributed by atoms with E-state index >= 15 is 0 Å². The highest BCUT2D eigenvalue weighted by atomic mass is 16.3. The van der Waals surface area contributed by atoms with Crippen LogP contribution >= 0.6 is 0 Å². The second kappa shape index (κ2) is 9.96. The van der Waals surface area contributed by atoms with Crippen LogP contribution in [0.2, 0.25) is 0 Å². The van der Waals surface area contributed by atoms with E-state index in [1.807, 2.05) is 36.4 Å². The number of furan rings is 1. The number of nitrogens with one attached hydrogen (secondary N) is 1. The predicted octanol–water partition coefficient (Wildman–Crippen LogP) is 8.61. The molecule has 5 heteroatoms. The molecule has 3 heterocycles. The Morgan fingerprint density at radius 2 is 1.36 bits per heavy atom. The molecule has 44 heavy (non-hydrogen) atoms. The Labute approximate surface area is 255 Å². The Morgan fingerprint density at radius 1 is 0.659 bits per heavy atom. The Bertz CT molecular complexity index is 2110. The molecule has 0 saturated heterocycles. The first-order valence-corrected chi connectivity index (χ1v) is 15.0. The summed E-state index contributed by atoms with van der Waals surface area (Å²) in [5, 5.41) is 4.68. The lowest BCUT2D eigenvalue weighted by molar-refractivity contribution is 0.583. The summed E-state index contributed by atoms with van der Waals surface area (Å²) in [6, 6.07) is 46.5. The van der Waals surface area contributed by atoms with Gasteiger partial charge in [-0.1, -0.05) is 115 Å². The van der Waals surface area contributed by atoms with Crippen LogP contribution in [0.15, 0.2) is 154 Å². The van der Waals surface area contributed by atoms with Crippen LogP contribution in [0.5, 0.6) is 0 Å². The molecule has 3 atom stereocenters. The zero-order valence-corrected chi connectivity index (χ0v) is 23.8. The smallest absolute Gasteiger partial charge is 0.169 e. The Kier molecular flexibility index (Phi) is 5.63. The average molecular weight is 569 g/mol. The van der Waals surface area contributed by atoms with E-state index in [0.29, 0.717) is 0 Å². The molecule has 0 radical (unpaired) electrons. The minimum absolute atomic E-state index is 0.141. The number of amidine groups is 2. The first-order chi connectivity index (χ1) is 21.8. The van der Waals surface area contributed by atoms with Crippen LogP contribution in [0.3, 0.4) is 0 Å². The first-order valence-electron chi connectivity index (χ1n) is 15.0. The Balaban J connectivity index is 1.19. The van der Waals surface area contributed by atoms with E-state index in [1.54, 1.807) is 0 Å². The van der Waals surface area contributed by atoms with Crippen molar-refractivity contribution in [3.05, 3.63) is 173 Å². The van der Waals surface area contributed by atoms with E-state index in [9.17, 15) is 0 Å². The fourth-order valence-electron chi connectivity index (χ4n) is 6.96. The van der Waals surface area contributed by atoms with Gasteiger partial charge in [0.05, 0.1) is 11.6 Å². The standard InChI is InChI=1S/C39H28N4O/c1-4-13-25(14-5-1)37-40-38(26-15-6-2-7-16-26)42-39(41-37)30-21-12-20-29-35-33(44-36(29)30)24-23-32-34(35)28-19-10-11-22-31(28)43(32)27-17-8-3-9-18-27/h1-24,32,34,37H,(H,40,41,42). The molecule has 210 valence electrons. The maximum atomic E-state index is 6.75. The number of hydrogen-bond acceptors (Lipinski definition) is 5. The van der Waals surface area contributed by atoms with Gasteiger partial charge in [-0.05, 0) is 41.5 Å². The minimum atomic E-state index is -0.368. The lowest BCUT2D eigenvalue weighted by atomic mass is 9.82. The van der Waals surface area contributed by atoms with Crippen molar-refractivity contribution >= 4 is 40.1 Å². The highest BCUT2D eigenvalue weighted by Crippen LogP contribution is 2.53. The zero-order chi connectivity index (χ0) is 29.0. The van der Waals surface area contributed by atoms with E-state index in [4.69, 9.17) is 14.4 Å². The minimum Gasteiger partial charge on any atom is -0.456 e. The summed E-state index contributed by atoms with van der Waals surface area (Å²) < 4.78 is 6.75. The predicted molar refractivity (Wildman–Crippen MR) is 178 cm³/mol. The number of aliphatic imine (C=N–C) groups is 2. The zero-order valence-electron chi connectivity index (χ0n) is 23.8. The number of hydrogen-bond donors (Lipinski definition) is 1. The van der Waals surface area contributed by atoms with Gasteiger partial charge in [-0.2, -0.15) is 0 Å². The van der Waals surface area contributed by atoms with Gasteiger partial charge in [0.2, 0.25) is 0 Å². The van der Waals surface area contributed by atoms with Crippen LogP contribution in [-0.4, -0.2) is 17.7 Å². The lowest BCUT2D eigenvalue weighted by Gasteiger charge is -2.30. The third kappa shape index (κ3) is 3.86. The number of fused-ring (bicyclic) bond motifs is 7. The van der Waals surface area contributed by atoms with Crippen LogP contribution in [-0.2, 0) is 0 Å². The normalized spacial score (nSPS) is 19.9. The highest BCUT2D eigenvalue weighted by Gasteiger charge is 2.43. The summed E-state index contributed by atoms with van der Waals surface area (Å²) >= 11 is 0. The summed E-state index contributed by atoms with van der Waals surface area (Å²) in [5.41, 5.74) is 8.80. The van der Waals surface area contributed by atoms with Gasteiger partial charge in [0, 0.05) is 33.8 Å². The largest absolute Gasteiger partial charge is 0.456 e. The van der Waals surface area contributed by atoms with Crippen molar-refractivity contribution in [2.75, 3.05) is 4.90 Å². The molecular weight excluding hydrogens is 540 g/mol. The van der Waals surface area contributed by atoms with Crippen LogP contribution in [0, 0.1) is 0 Å². The maximum absolute atomic E-state index is 6.75. The summed E-state index contributed by atoms with van der Waals surface area (Å²) in [5.74, 6) is 2.60. The van der Waals surface area contributed by atoms with E-state index in [0.717, 1.165) is 45.1 Å². The van der Waals surface area contributed by atoms with Crippen molar-refractivity contribution in [1.82, 2.24) is 5.32 Å². The molecule has 9 rings (SSSR count). The third-order valence-corrected chi connectivity index (χ3v) is 8.88. The highest BCUT2D eigenvalue weighted by molar-refractivity contribution is 6.19. The molecule has 6 aromatic rings. The summed E-state index contributed by atoms with van der Waals surface area (Å²) in [6.45, 7) is 0. The van der Waals surface area contributed by atoms with Crippen molar-refractivity contribution < 1.29 is 4.42 Å². The van der Waals surface area contributed by atoms with Crippen molar-refractivity contribution in [1.29, 1.82) is 0 Å². The molecule has 0 amide bonds. The first kappa shape index (κ1) is 24.9. The Morgan fingerprint density at radius 3 is 2.18 bits per heavy atom. The SMILES string of the molecule is C1=CC2C(c3ccccc3N2c2ccccc2)c2c1oc1c(C3=NC(c4ccccc4)N=C(c4ccccc4)N3)cccc21. The third-order valence-electron chi connectivity index (χ3n) is 8.88. The van der Waals surface area contributed by atoms with Crippen LogP contribution in [0.1, 0.15) is 45.7 Å². The molecule has 5 aromatic carbocycles. The number of anilines is 2. The van der Waals surface area contributed by atoms with E-state index in [-0.39, 0.29) is 18.1 Å². The summed E-state index contributed by atoms with van der Waals surface area (Å²) in [6.07, 6.45) is 4.08. The van der Waals surface area contributed by atoms with Crippen LogP contribution in [0.4, 0.5) is 11.4 Å². The molecule has 3 unspecified atom stereocenters. The molecule has 0 bridgehead atoms. The molecule has 0 spiro atoms. The summed E-state index contributed by atoms with van der Waals surface area (Å²) in [7, 11) is 0. The molecule has 2 aliphatic heterocycles. The second-order valence-corrected chi connectivity index (χ2v) is 11.4. The van der Waals surface area contributed by atoms with Crippen molar-refractivity contribution in [2.24, 2.45) is 9.98 Å². The van der Waals surface area contributed by atoms with Crippen LogP contribution < -0.4 is 10.2 Å². The van der Waals surface area contributed by atoms with E-state index < -0.39 is 0 Å². The summed E-state index contributed by atoms with van der Waals surface area (Å²) in [4.78, 5) is 12.6.